The van der Waals surface area contributed by atoms with Gasteiger partial charge in [0.1, 0.15) is 0 Å². The summed E-state index contributed by atoms with van der Waals surface area (Å²) in [4.78, 5) is 12.0. The molecule has 0 saturated heterocycles. The van der Waals surface area contributed by atoms with Gasteiger partial charge in [0.2, 0.25) is 0 Å². The van der Waals surface area contributed by atoms with Crippen LogP contribution in [0, 0.1) is 10.1 Å². The Hall–Kier alpha value is -2.01. The van der Waals surface area contributed by atoms with Crippen LogP contribution in [0.1, 0.15) is 18.1 Å². The molecule has 5 heteroatoms. The van der Waals surface area contributed by atoms with Gasteiger partial charge in [-0.05, 0) is 36.4 Å². The molecule has 0 heterocycles. The van der Waals surface area contributed by atoms with Crippen molar-refractivity contribution in [2.45, 2.75) is 24.8 Å². The van der Waals surface area contributed by atoms with E-state index in [4.69, 9.17) is 0 Å². The summed E-state index contributed by atoms with van der Waals surface area (Å²) in [5, 5.41) is 14.3. The third-order valence-electron chi connectivity index (χ3n) is 3.32. The normalized spacial score (nSPS) is 10.4. The summed E-state index contributed by atoms with van der Waals surface area (Å²) in [6.07, 6.45) is 2.70. The van der Waals surface area contributed by atoms with E-state index in [0.717, 1.165) is 16.8 Å². The number of benzene rings is 2. The first-order valence-corrected chi connectivity index (χ1v) is 8.00. The number of rotatable bonds is 6. The highest BCUT2D eigenvalue weighted by Gasteiger charge is 2.12. The van der Waals surface area contributed by atoms with Crippen LogP contribution in [0.4, 0.5) is 11.4 Å². The molecule has 1 N–H and O–H groups in total. The zero-order valence-electron chi connectivity index (χ0n) is 12.1. The maximum Gasteiger partial charge on any atom is 0.274 e. The second-order valence-electron chi connectivity index (χ2n) is 4.66. The Morgan fingerprint density at radius 3 is 2.48 bits per heavy atom. The van der Waals surface area contributed by atoms with Crippen molar-refractivity contribution in [1.82, 2.24) is 0 Å². The van der Waals surface area contributed by atoms with Crippen LogP contribution in [-0.2, 0) is 13.0 Å². The maximum atomic E-state index is 11.1. The van der Waals surface area contributed by atoms with Gasteiger partial charge in [-0.15, -0.1) is 11.8 Å². The largest absolute Gasteiger partial charge is 0.381 e. The lowest BCUT2D eigenvalue weighted by atomic mass is 10.1. The van der Waals surface area contributed by atoms with Crippen LogP contribution >= 0.6 is 11.8 Å². The summed E-state index contributed by atoms with van der Waals surface area (Å²) >= 11 is 1.71. The number of thioether (sulfide) groups is 1. The van der Waals surface area contributed by atoms with E-state index >= 15 is 0 Å². The average Bonchev–Trinajstić information content (AvgIpc) is 2.53. The molecule has 0 spiro atoms. The summed E-state index contributed by atoms with van der Waals surface area (Å²) < 4.78 is 0. The number of hydrogen-bond donors (Lipinski definition) is 1. The van der Waals surface area contributed by atoms with E-state index in [1.54, 1.807) is 17.8 Å². The molecule has 0 fully saturated rings. The molecule has 0 bridgehead atoms. The van der Waals surface area contributed by atoms with E-state index in [2.05, 4.69) is 29.6 Å². The monoisotopic (exact) mass is 302 g/mol. The number of nitro benzene ring substituents is 1. The molecule has 0 amide bonds. The molecule has 0 saturated carbocycles. The Labute approximate surface area is 128 Å². The third-order valence-corrected chi connectivity index (χ3v) is 4.06. The lowest BCUT2D eigenvalue weighted by Gasteiger charge is -2.08. The fraction of sp³-hybridized carbons (Fsp3) is 0.250. The van der Waals surface area contributed by atoms with Gasteiger partial charge in [0.25, 0.3) is 5.69 Å². The highest BCUT2D eigenvalue weighted by Crippen LogP contribution is 2.24. The van der Waals surface area contributed by atoms with Crippen molar-refractivity contribution in [2.24, 2.45) is 0 Å². The zero-order valence-corrected chi connectivity index (χ0v) is 12.9. The first kappa shape index (κ1) is 15.4. The van der Waals surface area contributed by atoms with Crippen molar-refractivity contribution < 1.29 is 4.92 Å². The Bertz CT molecular complexity index is 627. The van der Waals surface area contributed by atoms with Crippen molar-refractivity contribution in [3.05, 3.63) is 63.7 Å². The highest BCUT2D eigenvalue weighted by molar-refractivity contribution is 7.98. The molecule has 110 valence electrons. The molecule has 0 unspecified atom stereocenters. The van der Waals surface area contributed by atoms with E-state index in [0.29, 0.717) is 13.0 Å². The molecule has 0 atom stereocenters. The van der Waals surface area contributed by atoms with Gasteiger partial charge in [0.05, 0.1) is 4.92 Å². The van der Waals surface area contributed by atoms with Crippen molar-refractivity contribution in [1.29, 1.82) is 0 Å². The minimum absolute atomic E-state index is 0.181. The average molecular weight is 302 g/mol. The van der Waals surface area contributed by atoms with Crippen LogP contribution < -0.4 is 5.32 Å². The van der Waals surface area contributed by atoms with Crippen molar-refractivity contribution >= 4 is 23.1 Å². The number of anilines is 1. The molecular formula is C16H18N2O2S. The van der Waals surface area contributed by atoms with Crippen LogP contribution in [0.5, 0.6) is 0 Å². The lowest BCUT2D eigenvalue weighted by Crippen LogP contribution is -2.01. The minimum atomic E-state index is -0.322. The number of hydrogen-bond acceptors (Lipinski definition) is 4. The summed E-state index contributed by atoms with van der Waals surface area (Å²) in [7, 11) is 0. The number of nitrogens with zero attached hydrogens (tertiary/aromatic N) is 1. The van der Waals surface area contributed by atoms with E-state index in [1.165, 1.54) is 4.90 Å². The van der Waals surface area contributed by atoms with Crippen molar-refractivity contribution in [3.63, 3.8) is 0 Å². The van der Waals surface area contributed by atoms with Gasteiger partial charge in [-0.2, -0.15) is 0 Å². The van der Waals surface area contributed by atoms with E-state index in [1.807, 2.05) is 25.3 Å². The van der Waals surface area contributed by atoms with Gasteiger partial charge in [-0.25, -0.2) is 0 Å². The van der Waals surface area contributed by atoms with E-state index in [9.17, 15) is 10.1 Å². The lowest BCUT2D eigenvalue weighted by molar-refractivity contribution is -0.385. The van der Waals surface area contributed by atoms with Gasteiger partial charge < -0.3 is 5.32 Å². The van der Waals surface area contributed by atoms with Crippen LogP contribution in [0.25, 0.3) is 0 Å². The summed E-state index contributed by atoms with van der Waals surface area (Å²) in [5.74, 6) is 0. The molecule has 2 rings (SSSR count). The summed E-state index contributed by atoms with van der Waals surface area (Å²) in [6.45, 7) is 2.57. The SMILES string of the molecule is CCc1ccc(NCc2ccc(SC)cc2)cc1[N+](=O)[O-]. The Balaban J connectivity index is 2.08. The van der Waals surface area contributed by atoms with Crippen LogP contribution in [-0.4, -0.2) is 11.2 Å². The second-order valence-corrected chi connectivity index (χ2v) is 5.54. The molecule has 0 radical (unpaired) electrons. The Morgan fingerprint density at radius 2 is 1.90 bits per heavy atom. The number of aryl methyl sites for hydroxylation is 1. The Morgan fingerprint density at radius 1 is 1.19 bits per heavy atom. The molecule has 2 aromatic rings. The highest BCUT2D eigenvalue weighted by atomic mass is 32.2. The topological polar surface area (TPSA) is 55.2 Å². The van der Waals surface area contributed by atoms with Crippen LogP contribution in [0.15, 0.2) is 47.4 Å². The Kier molecular flexibility index (Phi) is 5.22. The van der Waals surface area contributed by atoms with Crippen LogP contribution in [0.2, 0.25) is 0 Å². The van der Waals surface area contributed by atoms with Crippen molar-refractivity contribution in [3.8, 4) is 0 Å². The quantitative estimate of drug-likeness (QED) is 0.485. The third kappa shape index (κ3) is 3.98. The molecule has 2 aromatic carbocycles. The zero-order chi connectivity index (χ0) is 15.2. The summed E-state index contributed by atoms with van der Waals surface area (Å²) in [6, 6.07) is 13.6. The van der Waals surface area contributed by atoms with E-state index < -0.39 is 0 Å². The first-order chi connectivity index (χ1) is 10.1. The fourth-order valence-electron chi connectivity index (χ4n) is 2.09. The molecule has 0 aromatic heterocycles. The van der Waals surface area contributed by atoms with Gasteiger partial charge in [0.15, 0.2) is 0 Å². The second kappa shape index (κ2) is 7.13. The van der Waals surface area contributed by atoms with Crippen LogP contribution in [0.3, 0.4) is 0 Å². The predicted octanol–water partition coefficient (Wildman–Crippen LogP) is 4.49. The molecular weight excluding hydrogens is 284 g/mol. The maximum absolute atomic E-state index is 11.1. The van der Waals surface area contributed by atoms with Gasteiger partial charge in [-0.3, -0.25) is 10.1 Å². The molecule has 0 aliphatic carbocycles. The molecule has 21 heavy (non-hydrogen) atoms. The number of nitro groups is 1. The van der Waals surface area contributed by atoms with E-state index in [-0.39, 0.29) is 10.6 Å². The molecule has 0 aliphatic heterocycles. The minimum Gasteiger partial charge on any atom is -0.381 e. The fourth-order valence-corrected chi connectivity index (χ4v) is 2.50. The van der Waals surface area contributed by atoms with Gasteiger partial charge in [0, 0.05) is 28.8 Å². The number of nitrogens with one attached hydrogen (secondary N) is 1. The molecule has 0 aliphatic rings. The first-order valence-electron chi connectivity index (χ1n) is 6.78. The van der Waals surface area contributed by atoms with Crippen molar-refractivity contribution in [2.75, 3.05) is 11.6 Å². The van der Waals surface area contributed by atoms with Gasteiger partial charge in [-0.1, -0.05) is 25.1 Å². The smallest absolute Gasteiger partial charge is 0.274 e. The molecule has 4 nitrogen and oxygen atoms in total. The predicted molar refractivity (Wildman–Crippen MR) is 88.0 cm³/mol. The summed E-state index contributed by atoms with van der Waals surface area (Å²) in [5.41, 5.74) is 2.86. The standard InChI is InChI=1S/C16H18N2O2S/c1-3-13-6-7-14(10-16(13)18(19)20)17-11-12-4-8-15(21-2)9-5-12/h4-10,17H,3,11H2,1-2H3. The van der Waals surface area contributed by atoms with Gasteiger partial charge >= 0.3 is 0 Å².